The van der Waals surface area contributed by atoms with Crippen LogP contribution in [-0.2, 0) is 16.0 Å². The number of aliphatic carboxylic acids is 1. The predicted molar refractivity (Wildman–Crippen MR) is 109 cm³/mol. The SMILES string of the molecule is COc1ccc(-c2cccc(CC(NC(=O)OC(C)(C)C)C(=O)O)c2)cc1OC. The summed E-state index contributed by atoms with van der Waals surface area (Å²) in [6.45, 7) is 5.15. The second-order valence-corrected chi connectivity index (χ2v) is 7.51. The highest BCUT2D eigenvalue weighted by molar-refractivity contribution is 5.80. The first-order valence-corrected chi connectivity index (χ1v) is 9.16. The lowest BCUT2D eigenvalue weighted by Crippen LogP contribution is -2.44. The number of amides is 1. The van der Waals surface area contributed by atoms with Gasteiger partial charge in [-0.2, -0.15) is 0 Å². The van der Waals surface area contributed by atoms with E-state index in [0.29, 0.717) is 11.5 Å². The summed E-state index contributed by atoms with van der Waals surface area (Å²) in [4.78, 5) is 23.6. The molecule has 0 bridgehead atoms. The number of carboxylic acids is 1. The van der Waals surface area contributed by atoms with Crippen LogP contribution in [0.1, 0.15) is 26.3 Å². The first-order valence-electron chi connectivity index (χ1n) is 9.16. The molecule has 0 spiro atoms. The molecule has 0 radical (unpaired) electrons. The van der Waals surface area contributed by atoms with Crippen LogP contribution in [0.5, 0.6) is 11.5 Å². The van der Waals surface area contributed by atoms with Crippen LogP contribution in [0.4, 0.5) is 4.79 Å². The summed E-state index contributed by atoms with van der Waals surface area (Å²) in [5.74, 6) is 0.0951. The fourth-order valence-electron chi connectivity index (χ4n) is 2.78. The van der Waals surface area contributed by atoms with Gasteiger partial charge in [0.1, 0.15) is 11.6 Å². The topological polar surface area (TPSA) is 94.1 Å². The Morgan fingerprint density at radius 3 is 2.24 bits per heavy atom. The van der Waals surface area contributed by atoms with Crippen molar-refractivity contribution in [1.29, 1.82) is 0 Å². The molecule has 1 unspecified atom stereocenters. The zero-order chi connectivity index (χ0) is 21.6. The quantitative estimate of drug-likeness (QED) is 0.731. The molecule has 0 aliphatic carbocycles. The Morgan fingerprint density at radius 2 is 1.66 bits per heavy atom. The molecule has 0 saturated carbocycles. The first-order chi connectivity index (χ1) is 13.6. The van der Waals surface area contributed by atoms with E-state index in [-0.39, 0.29) is 6.42 Å². The van der Waals surface area contributed by atoms with E-state index in [2.05, 4.69) is 5.32 Å². The number of methoxy groups -OCH3 is 2. The van der Waals surface area contributed by atoms with Crippen molar-refractivity contribution < 1.29 is 28.9 Å². The zero-order valence-corrected chi connectivity index (χ0v) is 17.3. The molecule has 0 heterocycles. The summed E-state index contributed by atoms with van der Waals surface area (Å²) in [5, 5.41) is 11.9. The maximum atomic E-state index is 12.0. The standard InChI is InChI=1S/C22H27NO6/c1-22(2,3)29-21(26)23-17(20(24)25)12-14-7-6-8-15(11-14)16-9-10-18(27-4)19(13-16)28-5/h6-11,13,17H,12H2,1-5H3,(H,23,26)(H,24,25). The maximum Gasteiger partial charge on any atom is 0.408 e. The number of hydrogen-bond acceptors (Lipinski definition) is 5. The van der Waals surface area contributed by atoms with Crippen molar-refractivity contribution >= 4 is 12.1 Å². The van der Waals surface area contributed by atoms with E-state index < -0.39 is 23.7 Å². The summed E-state index contributed by atoms with van der Waals surface area (Å²) < 4.78 is 15.8. The van der Waals surface area contributed by atoms with E-state index in [4.69, 9.17) is 14.2 Å². The van der Waals surface area contributed by atoms with E-state index in [0.717, 1.165) is 16.7 Å². The van der Waals surface area contributed by atoms with E-state index in [1.807, 2.05) is 42.5 Å². The highest BCUT2D eigenvalue weighted by atomic mass is 16.6. The number of carbonyl (C=O) groups excluding carboxylic acids is 1. The number of nitrogens with one attached hydrogen (secondary N) is 1. The Morgan fingerprint density at radius 1 is 1.00 bits per heavy atom. The first kappa shape index (κ1) is 22.1. The Labute approximate surface area is 170 Å². The molecule has 0 aromatic heterocycles. The predicted octanol–water partition coefficient (Wildman–Crippen LogP) is 3.89. The second kappa shape index (κ2) is 9.32. The lowest BCUT2D eigenvalue weighted by Gasteiger charge is -2.22. The average molecular weight is 401 g/mol. The lowest BCUT2D eigenvalue weighted by molar-refractivity contribution is -0.139. The molecular weight excluding hydrogens is 374 g/mol. The molecule has 0 fully saturated rings. The second-order valence-electron chi connectivity index (χ2n) is 7.51. The van der Waals surface area contributed by atoms with Crippen molar-refractivity contribution in [1.82, 2.24) is 5.32 Å². The molecule has 1 amide bonds. The molecule has 1 atom stereocenters. The summed E-state index contributed by atoms with van der Waals surface area (Å²) in [5.41, 5.74) is 1.85. The normalized spacial score (nSPS) is 12.0. The summed E-state index contributed by atoms with van der Waals surface area (Å²) in [7, 11) is 3.14. The highest BCUT2D eigenvalue weighted by Gasteiger charge is 2.24. The molecular formula is C22H27NO6. The van der Waals surface area contributed by atoms with Gasteiger partial charge in [0, 0.05) is 6.42 Å². The van der Waals surface area contributed by atoms with Gasteiger partial charge >= 0.3 is 12.1 Å². The van der Waals surface area contributed by atoms with Gasteiger partial charge in [-0.05, 0) is 49.6 Å². The van der Waals surface area contributed by atoms with Crippen LogP contribution in [-0.4, -0.2) is 43.0 Å². The van der Waals surface area contributed by atoms with Crippen molar-refractivity contribution in [2.75, 3.05) is 14.2 Å². The minimum Gasteiger partial charge on any atom is -0.493 e. The van der Waals surface area contributed by atoms with E-state index in [9.17, 15) is 14.7 Å². The van der Waals surface area contributed by atoms with Gasteiger partial charge < -0.3 is 24.6 Å². The Hall–Kier alpha value is -3.22. The fourth-order valence-corrected chi connectivity index (χ4v) is 2.78. The van der Waals surface area contributed by atoms with Crippen LogP contribution < -0.4 is 14.8 Å². The van der Waals surface area contributed by atoms with E-state index >= 15 is 0 Å². The molecule has 7 heteroatoms. The third kappa shape index (κ3) is 6.41. The third-order valence-electron chi connectivity index (χ3n) is 4.07. The van der Waals surface area contributed by atoms with Gasteiger partial charge in [0.15, 0.2) is 11.5 Å². The summed E-state index contributed by atoms with van der Waals surface area (Å²) in [6.07, 6.45) is -0.642. The van der Waals surface area contributed by atoms with Gasteiger partial charge in [-0.15, -0.1) is 0 Å². The summed E-state index contributed by atoms with van der Waals surface area (Å²) >= 11 is 0. The number of ether oxygens (including phenoxy) is 3. The molecule has 0 saturated heterocycles. The van der Waals surface area contributed by atoms with Gasteiger partial charge in [0.05, 0.1) is 14.2 Å². The number of hydrogen-bond donors (Lipinski definition) is 2. The van der Waals surface area contributed by atoms with E-state index in [1.165, 1.54) is 0 Å². The number of carbonyl (C=O) groups is 2. The molecule has 2 N–H and O–H groups in total. The van der Waals surface area contributed by atoms with Gasteiger partial charge in [-0.3, -0.25) is 0 Å². The smallest absolute Gasteiger partial charge is 0.408 e. The van der Waals surface area contributed by atoms with Crippen molar-refractivity contribution in [3.63, 3.8) is 0 Å². The Balaban J connectivity index is 2.21. The van der Waals surface area contributed by atoms with Crippen LogP contribution >= 0.6 is 0 Å². The average Bonchev–Trinajstić information content (AvgIpc) is 2.65. The molecule has 0 aliphatic rings. The van der Waals surface area contributed by atoms with Gasteiger partial charge in [0.2, 0.25) is 0 Å². The third-order valence-corrected chi connectivity index (χ3v) is 4.07. The van der Waals surface area contributed by atoms with Gasteiger partial charge in [-0.25, -0.2) is 9.59 Å². The van der Waals surface area contributed by atoms with Crippen LogP contribution in [0.25, 0.3) is 11.1 Å². The van der Waals surface area contributed by atoms with Crippen LogP contribution in [0.2, 0.25) is 0 Å². The molecule has 2 aromatic carbocycles. The minimum atomic E-state index is -1.13. The molecule has 7 nitrogen and oxygen atoms in total. The van der Waals surface area contributed by atoms with E-state index in [1.54, 1.807) is 35.0 Å². The Kier molecular flexibility index (Phi) is 7.09. The van der Waals surface area contributed by atoms with Crippen LogP contribution in [0, 0.1) is 0 Å². The number of benzene rings is 2. The molecule has 2 rings (SSSR count). The van der Waals surface area contributed by atoms with Crippen molar-refractivity contribution in [2.45, 2.75) is 38.8 Å². The van der Waals surface area contributed by atoms with Crippen molar-refractivity contribution in [2.24, 2.45) is 0 Å². The van der Waals surface area contributed by atoms with Crippen LogP contribution in [0.15, 0.2) is 42.5 Å². The van der Waals surface area contributed by atoms with Crippen molar-refractivity contribution in [3.05, 3.63) is 48.0 Å². The fraction of sp³-hybridized carbons (Fsp3) is 0.364. The lowest BCUT2D eigenvalue weighted by atomic mass is 9.99. The molecule has 2 aromatic rings. The molecule has 0 aliphatic heterocycles. The van der Waals surface area contributed by atoms with Crippen molar-refractivity contribution in [3.8, 4) is 22.6 Å². The maximum absolute atomic E-state index is 12.0. The van der Waals surface area contributed by atoms with Gasteiger partial charge in [-0.1, -0.05) is 30.3 Å². The molecule has 29 heavy (non-hydrogen) atoms. The largest absolute Gasteiger partial charge is 0.493 e. The zero-order valence-electron chi connectivity index (χ0n) is 17.3. The number of carboxylic acid groups (broad SMARTS) is 1. The monoisotopic (exact) mass is 401 g/mol. The number of alkyl carbamates (subject to hydrolysis) is 1. The summed E-state index contributed by atoms with van der Waals surface area (Å²) in [6, 6.07) is 11.9. The highest BCUT2D eigenvalue weighted by Crippen LogP contribution is 2.32. The van der Waals surface area contributed by atoms with Crippen LogP contribution in [0.3, 0.4) is 0 Å². The van der Waals surface area contributed by atoms with Gasteiger partial charge in [0.25, 0.3) is 0 Å². The number of rotatable bonds is 7. The minimum absolute atomic E-state index is 0.121. The Bertz CT molecular complexity index is 872. The molecule has 156 valence electrons.